The summed E-state index contributed by atoms with van der Waals surface area (Å²) in [7, 11) is 3.63. The summed E-state index contributed by atoms with van der Waals surface area (Å²) in [6, 6.07) is 2.39. The van der Waals surface area contributed by atoms with Gasteiger partial charge in [0.05, 0.1) is 32.4 Å². The summed E-state index contributed by atoms with van der Waals surface area (Å²) >= 11 is 0. The minimum Gasteiger partial charge on any atom is -0.383 e. The Morgan fingerprint density at radius 1 is 1.28 bits per heavy atom. The van der Waals surface area contributed by atoms with E-state index in [1.54, 1.807) is 13.3 Å². The number of anilines is 1. The molecule has 25 heavy (non-hydrogen) atoms. The Kier molecular flexibility index (Phi) is 4.69. The summed E-state index contributed by atoms with van der Waals surface area (Å²) in [6.45, 7) is 6.87. The van der Waals surface area contributed by atoms with Crippen LogP contribution in [-0.2, 0) is 23.1 Å². The van der Waals surface area contributed by atoms with Gasteiger partial charge < -0.3 is 14.4 Å². The van der Waals surface area contributed by atoms with Crippen LogP contribution in [0.25, 0.3) is 11.5 Å². The Balaban J connectivity index is 1.62. The van der Waals surface area contributed by atoms with Crippen molar-refractivity contribution >= 4 is 5.95 Å². The molecule has 0 bridgehead atoms. The van der Waals surface area contributed by atoms with Crippen molar-refractivity contribution in [1.82, 2.24) is 29.4 Å². The molecule has 2 aliphatic heterocycles. The van der Waals surface area contributed by atoms with Crippen LogP contribution in [0, 0.1) is 0 Å². The fourth-order valence-corrected chi connectivity index (χ4v) is 3.63. The fourth-order valence-electron chi connectivity index (χ4n) is 3.63. The Labute approximate surface area is 147 Å². The van der Waals surface area contributed by atoms with Crippen LogP contribution >= 0.6 is 0 Å². The van der Waals surface area contributed by atoms with Crippen molar-refractivity contribution in [2.45, 2.75) is 12.6 Å². The highest BCUT2D eigenvalue weighted by Gasteiger charge is 2.32. The van der Waals surface area contributed by atoms with Gasteiger partial charge in [-0.15, -0.1) is 10.2 Å². The monoisotopic (exact) mass is 347 g/mol. The number of ether oxygens (including phenoxy) is 2. The Bertz CT molecular complexity index is 713. The van der Waals surface area contributed by atoms with E-state index in [-0.39, 0.29) is 0 Å². The van der Waals surface area contributed by atoms with Crippen molar-refractivity contribution < 1.29 is 9.47 Å². The maximum atomic E-state index is 5.66. The van der Waals surface area contributed by atoms with E-state index >= 15 is 0 Å². The third-order valence-corrected chi connectivity index (χ3v) is 5.02. The van der Waals surface area contributed by atoms with E-state index in [1.807, 2.05) is 17.8 Å². The number of aryl methyl sites for hydroxylation is 1. The predicted octanol–water partition coefficient (Wildman–Crippen LogP) is -0.154. The fraction of sp³-hybridized carbons (Fsp3) is 0.688. The van der Waals surface area contributed by atoms with Crippen LogP contribution in [0.15, 0.2) is 12.3 Å². The second kappa shape index (κ2) is 7.11. The molecule has 0 saturated carbocycles. The van der Waals surface area contributed by atoms with Gasteiger partial charge in [0.2, 0.25) is 5.95 Å². The van der Waals surface area contributed by atoms with Gasteiger partial charge in [-0.1, -0.05) is 0 Å². The highest BCUT2D eigenvalue weighted by Crippen LogP contribution is 2.25. The van der Waals surface area contributed by atoms with Crippen molar-refractivity contribution in [1.29, 1.82) is 0 Å². The second-order valence-electron chi connectivity index (χ2n) is 6.52. The van der Waals surface area contributed by atoms with Gasteiger partial charge in [-0.2, -0.15) is 5.10 Å². The molecule has 1 atom stereocenters. The molecule has 2 saturated heterocycles. The number of hydrogen-bond acceptors (Lipinski definition) is 7. The van der Waals surface area contributed by atoms with E-state index in [9.17, 15) is 0 Å². The molecule has 136 valence electrons. The predicted molar refractivity (Wildman–Crippen MR) is 92.5 cm³/mol. The lowest BCUT2D eigenvalue weighted by molar-refractivity contribution is -0.0120. The van der Waals surface area contributed by atoms with E-state index in [1.165, 1.54) is 0 Å². The number of nitrogens with zero attached hydrogens (tertiary/aromatic N) is 7. The zero-order chi connectivity index (χ0) is 17.2. The van der Waals surface area contributed by atoms with Crippen LogP contribution in [0.1, 0.15) is 0 Å². The summed E-state index contributed by atoms with van der Waals surface area (Å²) in [6.07, 6.45) is 1.78. The Morgan fingerprint density at radius 2 is 2.20 bits per heavy atom. The molecular formula is C16H25N7O2. The first-order chi connectivity index (χ1) is 12.3. The highest BCUT2D eigenvalue weighted by molar-refractivity contribution is 5.53. The molecule has 9 nitrogen and oxygen atoms in total. The van der Waals surface area contributed by atoms with Crippen molar-refractivity contribution in [2.24, 2.45) is 7.05 Å². The molecule has 2 aliphatic rings. The Morgan fingerprint density at radius 3 is 3.00 bits per heavy atom. The van der Waals surface area contributed by atoms with Crippen molar-refractivity contribution in [3.05, 3.63) is 12.3 Å². The van der Waals surface area contributed by atoms with E-state index < -0.39 is 0 Å². The molecule has 0 amide bonds. The summed E-state index contributed by atoms with van der Waals surface area (Å²) < 4.78 is 14.9. The van der Waals surface area contributed by atoms with Gasteiger partial charge in [-0.3, -0.25) is 14.1 Å². The van der Waals surface area contributed by atoms with Crippen LogP contribution in [0.3, 0.4) is 0 Å². The quantitative estimate of drug-likeness (QED) is 0.744. The lowest BCUT2D eigenvalue weighted by atomic mass is 10.1. The van der Waals surface area contributed by atoms with Crippen LogP contribution in [0.2, 0.25) is 0 Å². The number of rotatable bonds is 5. The molecule has 1 unspecified atom stereocenters. The van der Waals surface area contributed by atoms with E-state index in [2.05, 4.69) is 29.7 Å². The summed E-state index contributed by atoms with van der Waals surface area (Å²) in [5.74, 6) is 1.73. The van der Waals surface area contributed by atoms with E-state index in [0.717, 1.165) is 56.9 Å². The van der Waals surface area contributed by atoms with Crippen LogP contribution < -0.4 is 4.90 Å². The number of hydrogen-bond donors (Lipinski definition) is 0. The lowest BCUT2D eigenvalue weighted by Crippen LogP contribution is -2.58. The molecule has 0 N–H and O–H groups in total. The second-order valence-corrected chi connectivity index (χ2v) is 6.52. The summed E-state index contributed by atoms with van der Waals surface area (Å²) in [4.78, 5) is 4.83. The lowest BCUT2D eigenvalue weighted by Gasteiger charge is -2.43. The van der Waals surface area contributed by atoms with Gasteiger partial charge in [0, 0.05) is 46.5 Å². The van der Waals surface area contributed by atoms with Crippen molar-refractivity contribution in [3.8, 4) is 11.5 Å². The SMILES string of the molecule is COCCn1c(-c2ccnn2C)nnc1N1CCN2CCOCC2C1. The number of fused-ring (bicyclic) bond motifs is 1. The van der Waals surface area contributed by atoms with Crippen LogP contribution in [-0.4, -0.2) is 88.6 Å². The first-order valence-corrected chi connectivity index (χ1v) is 8.75. The normalized spacial score (nSPS) is 21.5. The molecular weight excluding hydrogens is 322 g/mol. The van der Waals surface area contributed by atoms with Crippen molar-refractivity contribution in [3.63, 3.8) is 0 Å². The van der Waals surface area contributed by atoms with Gasteiger partial charge in [0.1, 0.15) is 5.69 Å². The number of aromatic nitrogens is 5. The first kappa shape index (κ1) is 16.5. The third-order valence-electron chi connectivity index (χ3n) is 5.02. The number of methoxy groups -OCH3 is 1. The first-order valence-electron chi connectivity index (χ1n) is 8.75. The van der Waals surface area contributed by atoms with Crippen LogP contribution in [0.5, 0.6) is 0 Å². The zero-order valence-corrected chi connectivity index (χ0v) is 14.8. The largest absolute Gasteiger partial charge is 0.383 e. The minimum atomic E-state index is 0.426. The molecule has 0 radical (unpaired) electrons. The number of piperazine rings is 1. The molecule has 4 rings (SSSR count). The molecule has 0 spiro atoms. The van der Waals surface area contributed by atoms with E-state index in [4.69, 9.17) is 9.47 Å². The zero-order valence-electron chi connectivity index (χ0n) is 14.8. The van der Waals surface area contributed by atoms with Crippen LogP contribution in [0.4, 0.5) is 5.95 Å². The Hall–Kier alpha value is -1.97. The maximum Gasteiger partial charge on any atom is 0.227 e. The third kappa shape index (κ3) is 3.14. The highest BCUT2D eigenvalue weighted by atomic mass is 16.5. The average Bonchev–Trinajstić information content (AvgIpc) is 3.25. The molecule has 9 heteroatoms. The van der Waals surface area contributed by atoms with Gasteiger partial charge in [0.15, 0.2) is 5.82 Å². The average molecular weight is 347 g/mol. The van der Waals surface area contributed by atoms with Gasteiger partial charge in [-0.05, 0) is 6.07 Å². The smallest absolute Gasteiger partial charge is 0.227 e. The van der Waals surface area contributed by atoms with Gasteiger partial charge in [-0.25, -0.2) is 0 Å². The molecule has 2 aromatic rings. The van der Waals surface area contributed by atoms with E-state index in [0.29, 0.717) is 19.2 Å². The van der Waals surface area contributed by atoms with Gasteiger partial charge >= 0.3 is 0 Å². The standard InChI is InChI=1S/C16H25N7O2/c1-20-14(3-4-17-20)15-18-19-16(23(15)8-9-24-2)22-6-5-21-7-10-25-12-13(21)11-22/h3-4,13H,5-12H2,1-2H3. The summed E-state index contributed by atoms with van der Waals surface area (Å²) in [5.41, 5.74) is 0.953. The molecule has 2 fully saturated rings. The topological polar surface area (TPSA) is 73.5 Å². The minimum absolute atomic E-state index is 0.426. The number of morpholine rings is 1. The molecule has 2 aromatic heterocycles. The summed E-state index contributed by atoms with van der Waals surface area (Å²) in [5, 5.41) is 13.2. The van der Waals surface area contributed by atoms with Gasteiger partial charge in [0.25, 0.3) is 0 Å². The molecule has 4 heterocycles. The molecule has 0 aliphatic carbocycles. The van der Waals surface area contributed by atoms with Crippen molar-refractivity contribution in [2.75, 3.05) is 58.0 Å². The maximum absolute atomic E-state index is 5.66. The molecule has 0 aromatic carbocycles.